The van der Waals surface area contributed by atoms with Crippen LogP contribution in [0.15, 0.2) is 48.5 Å². The molecule has 2 aromatic carbocycles. The maximum absolute atomic E-state index is 7.70. The van der Waals surface area contributed by atoms with E-state index < -0.39 is 6.85 Å². The molecule has 3 aromatic rings. The Morgan fingerprint density at radius 1 is 1.00 bits per heavy atom. The number of aromatic nitrogens is 1. The summed E-state index contributed by atoms with van der Waals surface area (Å²) in [5.41, 5.74) is 5.40. The van der Waals surface area contributed by atoms with E-state index in [9.17, 15) is 0 Å². The van der Waals surface area contributed by atoms with E-state index in [2.05, 4.69) is 24.3 Å². The fourth-order valence-corrected chi connectivity index (χ4v) is 3.86. The fourth-order valence-electron chi connectivity index (χ4n) is 3.86. The molecular formula is C22H23N. The summed E-state index contributed by atoms with van der Waals surface area (Å²) in [5, 5.41) is 1.23. The van der Waals surface area contributed by atoms with E-state index in [1.54, 1.807) is 12.1 Å². The molecule has 1 fully saturated rings. The van der Waals surface area contributed by atoms with Gasteiger partial charge in [0.15, 0.2) is 0 Å². The first kappa shape index (κ1) is 11.4. The van der Waals surface area contributed by atoms with Gasteiger partial charge in [-0.3, -0.25) is 0 Å². The number of benzene rings is 2. The Labute approximate surface area is 142 Å². The van der Waals surface area contributed by atoms with Gasteiger partial charge in [-0.15, -0.1) is 0 Å². The predicted octanol–water partition coefficient (Wildman–Crippen LogP) is 6.18. The molecule has 1 aliphatic rings. The highest BCUT2D eigenvalue weighted by atomic mass is 14.7. The monoisotopic (exact) mass is 304 g/mol. The molecule has 1 nitrogen and oxygen atoms in total. The lowest BCUT2D eigenvalue weighted by Gasteiger charge is -2.13. The van der Waals surface area contributed by atoms with Crippen molar-refractivity contribution in [2.24, 2.45) is 0 Å². The van der Waals surface area contributed by atoms with Crippen LogP contribution in [0.25, 0.3) is 22.2 Å². The Kier molecular flexibility index (Phi) is 2.88. The van der Waals surface area contributed by atoms with E-state index in [0.29, 0.717) is 11.5 Å². The second-order valence-corrected chi connectivity index (χ2v) is 6.68. The van der Waals surface area contributed by atoms with Crippen LogP contribution in [0.3, 0.4) is 0 Å². The summed E-state index contributed by atoms with van der Waals surface area (Å²) in [6.07, 6.45) is 5.16. The van der Waals surface area contributed by atoms with Gasteiger partial charge in [0.2, 0.25) is 0 Å². The first-order valence-corrected chi connectivity index (χ1v) is 8.44. The van der Waals surface area contributed by atoms with Crippen LogP contribution in [0.1, 0.15) is 52.4 Å². The maximum Gasteiger partial charge on any atom is 0.0712 e. The number of pyridine rings is 1. The van der Waals surface area contributed by atoms with E-state index >= 15 is 0 Å². The molecule has 23 heavy (non-hydrogen) atoms. The molecule has 0 atom stereocenters. The Morgan fingerprint density at radius 3 is 2.65 bits per heavy atom. The molecule has 0 unspecified atom stereocenters. The van der Waals surface area contributed by atoms with Crippen LogP contribution in [0.4, 0.5) is 0 Å². The highest BCUT2D eigenvalue weighted by Gasteiger charge is 2.19. The van der Waals surface area contributed by atoms with E-state index in [1.165, 1.54) is 36.6 Å². The second-order valence-electron chi connectivity index (χ2n) is 6.68. The lowest BCUT2D eigenvalue weighted by molar-refractivity contribution is 0.729. The number of aryl methyl sites for hydroxylation is 2. The predicted molar refractivity (Wildman–Crippen MR) is 97.9 cm³/mol. The van der Waals surface area contributed by atoms with Crippen LogP contribution >= 0.6 is 0 Å². The number of hydrogen-bond donors (Lipinski definition) is 0. The summed E-state index contributed by atoms with van der Waals surface area (Å²) < 4.78 is 23.1. The van der Waals surface area contributed by atoms with Gasteiger partial charge < -0.3 is 0 Å². The molecule has 0 radical (unpaired) electrons. The molecule has 0 aliphatic heterocycles. The van der Waals surface area contributed by atoms with Crippen molar-refractivity contribution >= 4 is 10.9 Å². The van der Waals surface area contributed by atoms with Gasteiger partial charge in [-0.05, 0) is 62.4 Å². The van der Waals surface area contributed by atoms with Crippen molar-refractivity contribution in [3.8, 4) is 11.3 Å². The Balaban J connectivity index is 1.80. The second kappa shape index (κ2) is 5.81. The van der Waals surface area contributed by atoms with Gasteiger partial charge in [0, 0.05) is 15.1 Å². The van der Waals surface area contributed by atoms with Gasteiger partial charge in [-0.2, -0.15) is 0 Å². The van der Waals surface area contributed by atoms with E-state index in [1.807, 2.05) is 19.1 Å². The minimum atomic E-state index is -2.10. The molecule has 0 N–H and O–H groups in total. The van der Waals surface area contributed by atoms with E-state index in [0.717, 1.165) is 22.3 Å². The summed E-state index contributed by atoms with van der Waals surface area (Å²) in [6, 6.07) is 16.0. The van der Waals surface area contributed by atoms with Gasteiger partial charge in [0.1, 0.15) is 0 Å². The van der Waals surface area contributed by atoms with Crippen molar-refractivity contribution < 1.29 is 4.11 Å². The van der Waals surface area contributed by atoms with Crippen LogP contribution in [0.2, 0.25) is 0 Å². The van der Waals surface area contributed by atoms with Gasteiger partial charge in [-0.1, -0.05) is 48.2 Å². The van der Waals surface area contributed by atoms with Gasteiger partial charge >= 0.3 is 0 Å². The lowest BCUT2D eigenvalue weighted by atomic mass is 9.93. The fraction of sp³-hybridized carbons (Fsp3) is 0.318. The number of rotatable bonds is 2. The van der Waals surface area contributed by atoms with Crippen LogP contribution in [-0.2, 0) is 0 Å². The summed E-state index contributed by atoms with van der Waals surface area (Å²) >= 11 is 0. The third-order valence-electron chi connectivity index (χ3n) is 4.93. The lowest BCUT2D eigenvalue weighted by Crippen LogP contribution is -1.95. The van der Waals surface area contributed by atoms with E-state index in [4.69, 9.17) is 9.10 Å². The van der Waals surface area contributed by atoms with Crippen molar-refractivity contribution in [1.29, 1.82) is 0 Å². The van der Waals surface area contributed by atoms with Crippen molar-refractivity contribution in [2.45, 2.75) is 45.4 Å². The van der Waals surface area contributed by atoms with Crippen LogP contribution in [0.5, 0.6) is 0 Å². The van der Waals surface area contributed by atoms with Crippen molar-refractivity contribution in [3.63, 3.8) is 0 Å². The molecule has 1 saturated carbocycles. The minimum Gasteiger partial charge on any atom is -0.248 e. The molecular weight excluding hydrogens is 278 g/mol. The van der Waals surface area contributed by atoms with Crippen LogP contribution in [0, 0.1) is 13.8 Å². The van der Waals surface area contributed by atoms with Crippen LogP contribution in [-0.4, -0.2) is 4.98 Å². The van der Waals surface area contributed by atoms with Gasteiger partial charge in [0.05, 0.1) is 11.2 Å². The third-order valence-corrected chi connectivity index (χ3v) is 4.93. The molecule has 1 aromatic heterocycles. The maximum atomic E-state index is 7.70. The standard InChI is InChI=1S/C22H23N/c1-15-12-16(2)14-18(13-15)21-11-10-20-19(17-6-3-4-7-17)8-5-9-22(20)23-21/h5,8-14,17H,3-4,6-7H2,1-2H3/i1D3. The molecule has 4 rings (SSSR count). The molecule has 0 amide bonds. The largest absolute Gasteiger partial charge is 0.248 e. The highest BCUT2D eigenvalue weighted by molar-refractivity contribution is 5.85. The Hall–Kier alpha value is -2.15. The summed E-state index contributed by atoms with van der Waals surface area (Å²) in [6.45, 7) is -0.175. The number of nitrogens with zero attached hydrogens (tertiary/aromatic N) is 1. The Bertz CT molecular complexity index is 953. The number of hydrogen-bond acceptors (Lipinski definition) is 1. The van der Waals surface area contributed by atoms with Crippen LogP contribution < -0.4 is 0 Å². The molecule has 1 aliphatic carbocycles. The topological polar surface area (TPSA) is 12.9 Å². The first-order valence-electron chi connectivity index (χ1n) is 9.94. The summed E-state index contributed by atoms with van der Waals surface area (Å²) in [7, 11) is 0. The average molecular weight is 304 g/mol. The summed E-state index contributed by atoms with van der Waals surface area (Å²) in [4.78, 5) is 4.86. The Morgan fingerprint density at radius 2 is 1.83 bits per heavy atom. The zero-order valence-electron chi connectivity index (χ0n) is 16.5. The van der Waals surface area contributed by atoms with Gasteiger partial charge in [-0.25, -0.2) is 4.98 Å². The molecule has 1 heterocycles. The number of fused-ring (bicyclic) bond motifs is 1. The SMILES string of the molecule is [2H]C([2H])([2H])c1cc(C)cc(-c2ccc3c(C4CCCC4)cccc3n2)c1. The molecule has 0 saturated heterocycles. The zero-order valence-corrected chi connectivity index (χ0v) is 13.5. The van der Waals surface area contributed by atoms with Crippen molar-refractivity contribution in [3.05, 3.63) is 65.2 Å². The first-order chi connectivity index (χ1) is 12.4. The average Bonchev–Trinajstić information content (AvgIpc) is 3.14. The van der Waals surface area contributed by atoms with Crippen molar-refractivity contribution in [2.75, 3.05) is 0 Å². The highest BCUT2D eigenvalue weighted by Crippen LogP contribution is 2.37. The van der Waals surface area contributed by atoms with Gasteiger partial charge in [0.25, 0.3) is 0 Å². The minimum absolute atomic E-state index is 0.370. The zero-order chi connectivity index (χ0) is 18.3. The molecule has 116 valence electrons. The molecule has 0 spiro atoms. The van der Waals surface area contributed by atoms with Crippen molar-refractivity contribution in [1.82, 2.24) is 4.98 Å². The summed E-state index contributed by atoms with van der Waals surface area (Å²) in [5.74, 6) is 0.646. The normalized spacial score (nSPS) is 17.9. The third kappa shape index (κ3) is 2.76. The smallest absolute Gasteiger partial charge is 0.0712 e. The quantitative estimate of drug-likeness (QED) is 0.551. The molecule has 1 heteroatoms. The van der Waals surface area contributed by atoms with E-state index in [-0.39, 0.29) is 0 Å². The molecule has 0 bridgehead atoms.